The van der Waals surface area contributed by atoms with Crippen LogP contribution in [-0.2, 0) is 0 Å². The van der Waals surface area contributed by atoms with Gasteiger partial charge in [-0.25, -0.2) is 10.0 Å². The van der Waals surface area contributed by atoms with Gasteiger partial charge in [-0.05, 0) is 67.1 Å². The summed E-state index contributed by atoms with van der Waals surface area (Å²) in [6.45, 7) is 1.95. The number of nitrogens with zero attached hydrogens (tertiary/aromatic N) is 3. The van der Waals surface area contributed by atoms with Crippen molar-refractivity contribution < 1.29 is 14.6 Å². The summed E-state index contributed by atoms with van der Waals surface area (Å²) in [6.07, 6.45) is 3.73. The van der Waals surface area contributed by atoms with Crippen LogP contribution in [0.5, 0.6) is 11.5 Å². The normalized spacial score (nSPS) is 14.7. The number of hydrogen-bond acceptors (Lipinski definition) is 5. The highest BCUT2D eigenvalue weighted by atomic mass is 35.5. The number of amidine groups is 1. The van der Waals surface area contributed by atoms with Gasteiger partial charge in [0.15, 0.2) is 17.3 Å². The molecule has 0 aliphatic carbocycles. The minimum atomic E-state index is -0.151. The van der Waals surface area contributed by atoms with E-state index in [9.17, 15) is 9.90 Å². The van der Waals surface area contributed by atoms with Crippen LogP contribution in [0.4, 0.5) is 11.4 Å². The molecule has 7 heteroatoms. The average molecular weight is 460 g/mol. The molecule has 1 heterocycles. The molecule has 1 aliphatic heterocycles. The number of hydrazone groups is 1. The quantitative estimate of drug-likeness (QED) is 0.348. The maximum Gasteiger partial charge on any atom is 0.185 e. The van der Waals surface area contributed by atoms with Crippen molar-refractivity contribution in [2.45, 2.75) is 13.3 Å². The second-order valence-corrected chi connectivity index (χ2v) is 7.89. The van der Waals surface area contributed by atoms with E-state index in [1.807, 2.05) is 31.2 Å². The summed E-state index contributed by atoms with van der Waals surface area (Å²) >= 11 is 6.34. The fourth-order valence-corrected chi connectivity index (χ4v) is 3.61. The van der Waals surface area contributed by atoms with E-state index in [1.54, 1.807) is 47.5 Å². The van der Waals surface area contributed by atoms with Crippen LogP contribution in [0.3, 0.4) is 0 Å². The van der Waals surface area contributed by atoms with Crippen molar-refractivity contribution in [2.24, 2.45) is 10.1 Å². The predicted molar refractivity (Wildman–Crippen MR) is 133 cm³/mol. The van der Waals surface area contributed by atoms with Crippen molar-refractivity contribution >= 4 is 46.4 Å². The van der Waals surface area contributed by atoms with Crippen LogP contribution in [0.15, 0.2) is 82.9 Å². The Morgan fingerprint density at radius 2 is 1.91 bits per heavy atom. The zero-order valence-corrected chi connectivity index (χ0v) is 19.0. The number of rotatable bonds is 6. The first-order chi connectivity index (χ1) is 15.9. The molecule has 4 rings (SSSR count). The number of hydrogen-bond donors (Lipinski definition) is 1. The van der Waals surface area contributed by atoms with Gasteiger partial charge < -0.3 is 9.84 Å². The minimum absolute atomic E-state index is 0.0209. The molecule has 3 aromatic carbocycles. The number of aliphatic imine (C=N–C) groups is 1. The number of carbonyl (C=O) groups excluding carboxylic acids is 1. The van der Waals surface area contributed by atoms with E-state index in [0.717, 1.165) is 17.2 Å². The van der Waals surface area contributed by atoms with Gasteiger partial charge in [-0.15, -0.1) is 0 Å². The Balaban J connectivity index is 1.50. The standard InChI is InChI=1S/C26H22ClN3O3/c1-17-15-26(30(29-17)22-6-4-3-5-21(22)27)28-20-11-9-19(10-12-20)23(31)13-7-18-8-14-25(33-2)24(32)16-18/h3-14,16,32H,15H2,1-2H3/b13-7+,28-26+. The SMILES string of the molecule is COc1ccc(/C=C/C(=O)c2ccc(/N=C3\CC(C)=NN3c3ccccc3Cl)cc2)cc1O. The molecule has 166 valence electrons. The molecule has 3 aromatic rings. The highest BCUT2D eigenvalue weighted by Gasteiger charge is 2.22. The highest BCUT2D eigenvalue weighted by molar-refractivity contribution is 6.34. The molecule has 6 nitrogen and oxygen atoms in total. The number of allylic oxidation sites excluding steroid dienone is 1. The lowest BCUT2D eigenvalue weighted by Crippen LogP contribution is -2.20. The van der Waals surface area contributed by atoms with Crippen LogP contribution >= 0.6 is 11.6 Å². The average Bonchev–Trinajstić information content (AvgIpc) is 3.18. The van der Waals surface area contributed by atoms with Crippen LogP contribution < -0.4 is 9.75 Å². The van der Waals surface area contributed by atoms with Crippen LogP contribution in [0, 0.1) is 0 Å². The van der Waals surface area contributed by atoms with Gasteiger partial charge in [0.2, 0.25) is 0 Å². The van der Waals surface area contributed by atoms with E-state index in [2.05, 4.69) is 5.10 Å². The molecule has 0 saturated heterocycles. The van der Waals surface area contributed by atoms with Crippen LogP contribution in [0.2, 0.25) is 5.02 Å². The number of benzene rings is 3. The topological polar surface area (TPSA) is 74.5 Å². The number of aromatic hydroxyl groups is 1. The van der Waals surface area contributed by atoms with E-state index >= 15 is 0 Å². The third kappa shape index (κ3) is 5.13. The second-order valence-electron chi connectivity index (χ2n) is 7.48. The Labute approximate surface area is 197 Å². The summed E-state index contributed by atoms with van der Waals surface area (Å²) in [5, 5.41) is 16.8. The van der Waals surface area contributed by atoms with Crippen molar-refractivity contribution in [2.75, 3.05) is 12.1 Å². The summed E-state index contributed by atoms with van der Waals surface area (Å²) in [4.78, 5) is 17.3. The molecule has 0 atom stereocenters. The van der Waals surface area contributed by atoms with Gasteiger partial charge in [-0.3, -0.25) is 4.79 Å². The Kier molecular flexibility index (Phi) is 6.56. The predicted octanol–water partition coefficient (Wildman–Crippen LogP) is 6.27. The first-order valence-electron chi connectivity index (χ1n) is 10.3. The lowest BCUT2D eigenvalue weighted by Gasteiger charge is -2.16. The molecule has 1 N–H and O–H groups in total. The maximum atomic E-state index is 12.5. The van der Waals surface area contributed by atoms with E-state index in [-0.39, 0.29) is 11.5 Å². The first-order valence-corrected chi connectivity index (χ1v) is 10.7. The number of phenols is 1. The first kappa shape index (κ1) is 22.3. The number of methoxy groups -OCH3 is 1. The highest BCUT2D eigenvalue weighted by Crippen LogP contribution is 2.30. The largest absolute Gasteiger partial charge is 0.504 e. The number of phenolic OH excluding ortho intramolecular Hbond substituents is 1. The molecule has 0 saturated carbocycles. The summed E-state index contributed by atoms with van der Waals surface area (Å²) < 4.78 is 5.03. The molecule has 0 unspecified atom stereocenters. The number of ether oxygens (including phenoxy) is 1. The monoisotopic (exact) mass is 459 g/mol. The van der Waals surface area contributed by atoms with Crippen molar-refractivity contribution in [1.29, 1.82) is 0 Å². The fraction of sp³-hybridized carbons (Fsp3) is 0.115. The Hall–Kier alpha value is -3.90. The zero-order chi connectivity index (χ0) is 23.4. The number of ketones is 1. The van der Waals surface area contributed by atoms with Crippen LogP contribution in [0.1, 0.15) is 29.3 Å². The van der Waals surface area contributed by atoms with Crippen molar-refractivity contribution in [3.63, 3.8) is 0 Å². The molecular formula is C26H22ClN3O3. The van der Waals surface area contributed by atoms with E-state index in [1.165, 1.54) is 19.3 Å². The van der Waals surface area contributed by atoms with Crippen LogP contribution in [0.25, 0.3) is 6.08 Å². The van der Waals surface area contributed by atoms with Gasteiger partial charge in [0.1, 0.15) is 5.84 Å². The summed E-state index contributed by atoms with van der Waals surface area (Å²) in [5.41, 5.74) is 3.66. The minimum Gasteiger partial charge on any atom is -0.504 e. The molecule has 1 aliphatic rings. The number of carbonyl (C=O) groups is 1. The molecule has 0 radical (unpaired) electrons. The molecule has 0 aromatic heterocycles. The Bertz CT molecular complexity index is 1280. The lowest BCUT2D eigenvalue weighted by atomic mass is 10.1. The van der Waals surface area contributed by atoms with Crippen LogP contribution in [-0.4, -0.2) is 29.5 Å². The summed E-state index contributed by atoms with van der Waals surface area (Å²) in [7, 11) is 1.48. The zero-order valence-electron chi connectivity index (χ0n) is 18.2. The van der Waals surface area contributed by atoms with E-state index < -0.39 is 0 Å². The smallest absolute Gasteiger partial charge is 0.185 e. The van der Waals surface area contributed by atoms with Crippen molar-refractivity contribution in [1.82, 2.24) is 0 Å². The van der Waals surface area contributed by atoms with Gasteiger partial charge in [0.05, 0.1) is 23.5 Å². The third-order valence-electron chi connectivity index (χ3n) is 5.05. The Morgan fingerprint density at radius 3 is 2.61 bits per heavy atom. The Morgan fingerprint density at radius 1 is 1.15 bits per heavy atom. The molecule has 33 heavy (non-hydrogen) atoms. The summed E-state index contributed by atoms with van der Waals surface area (Å²) in [5.74, 6) is 1.01. The van der Waals surface area contributed by atoms with Gasteiger partial charge in [-0.1, -0.05) is 35.9 Å². The van der Waals surface area contributed by atoms with Gasteiger partial charge in [0, 0.05) is 17.7 Å². The lowest BCUT2D eigenvalue weighted by molar-refractivity contribution is 0.104. The second kappa shape index (κ2) is 9.71. The third-order valence-corrected chi connectivity index (χ3v) is 5.37. The molecular weight excluding hydrogens is 438 g/mol. The van der Waals surface area contributed by atoms with Gasteiger partial charge in [-0.2, -0.15) is 5.10 Å². The molecule has 0 bridgehead atoms. The molecule has 0 fully saturated rings. The van der Waals surface area contributed by atoms with Crippen molar-refractivity contribution in [3.8, 4) is 11.5 Å². The van der Waals surface area contributed by atoms with Crippen molar-refractivity contribution in [3.05, 3.63) is 89.0 Å². The fourth-order valence-electron chi connectivity index (χ4n) is 3.40. The molecule has 0 amide bonds. The van der Waals surface area contributed by atoms with Gasteiger partial charge >= 0.3 is 0 Å². The number of halogens is 1. The van der Waals surface area contributed by atoms with Gasteiger partial charge in [0.25, 0.3) is 0 Å². The maximum absolute atomic E-state index is 12.5. The number of anilines is 1. The number of para-hydroxylation sites is 1. The molecule has 0 spiro atoms. The van der Waals surface area contributed by atoms with E-state index in [0.29, 0.717) is 34.0 Å². The summed E-state index contributed by atoms with van der Waals surface area (Å²) in [6, 6.07) is 19.5. The van der Waals surface area contributed by atoms with E-state index in [4.69, 9.17) is 21.3 Å².